The third-order valence-corrected chi connectivity index (χ3v) is 4.32. The van der Waals surface area contributed by atoms with E-state index in [4.69, 9.17) is 0 Å². The molecule has 2 rings (SSSR count). The predicted octanol–water partition coefficient (Wildman–Crippen LogP) is 1.13. The first-order valence-corrected chi connectivity index (χ1v) is 7.47. The van der Waals surface area contributed by atoms with Gasteiger partial charge in [0.05, 0.1) is 10.2 Å². The number of non-ortho nitro benzene ring substituents is 1. The van der Waals surface area contributed by atoms with Crippen LogP contribution in [0.15, 0.2) is 32.5 Å². The maximum absolute atomic E-state index is 12.2. The van der Waals surface area contributed by atoms with Crippen molar-refractivity contribution >= 4 is 29.0 Å². The van der Waals surface area contributed by atoms with Crippen LogP contribution in [0.3, 0.4) is 0 Å². The van der Waals surface area contributed by atoms with Crippen LogP contribution in [-0.4, -0.2) is 21.4 Å². The second kappa shape index (κ2) is 6.65. The number of aromatic nitrogens is 2. The molecule has 0 aliphatic rings. The Hall–Kier alpha value is -2.62. The summed E-state index contributed by atoms with van der Waals surface area (Å²) in [5, 5.41) is 15.5. The molecule has 0 radical (unpaired) electrons. The Balaban J connectivity index is 2.09. The minimum absolute atomic E-state index is 0.0418. The standard InChI is InChI=1S/C13H14N4O5S/c1-7-6-9(17(20)21)4-5-10(7)14-11(18)8(2)23-12-13(19)22-15-16(12)3/h4-6,8H,1-3H3,(H-,14,15,18,19)/p+1. The fourth-order valence-corrected chi connectivity index (χ4v) is 2.65. The number of aryl methyl sites for hydroxylation is 2. The summed E-state index contributed by atoms with van der Waals surface area (Å²) < 4.78 is 6.00. The van der Waals surface area contributed by atoms with Crippen molar-refractivity contribution in [3.05, 3.63) is 44.3 Å². The van der Waals surface area contributed by atoms with Crippen LogP contribution in [0, 0.1) is 17.0 Å². The molecule has 23 heavy (non-hydrogen) atoms. The lowest BCUT2D eigenvalue weighted by Gasteiger charge is -2.11. The zero-order chi connectivity index (χ0) is 17.1. The number of anilines is 1. The van der Waals surface area contributed by atoms with Gasteiger partial charge in [0.25, 0.3) is 5.69 Å². The smallest absolute Gasteiger partial charge is 0.325 e. The lowest BCUT2D eigenvalue weighted by atomic mass is 10.2. The number of thioether (sulfide) groups is 1. The average Bonchev–Trinajstić information content (AvgIpc) is 2.80. The van der Waals surface area contributed by atoms with Gasteiger partial charge in [-0.25, -0.2) is 4.79 Å². The average molecular weight is 339 g/mol. The largest absolute Gasteiger partial charge is 0.441 e. The molecule has 9 nitrogen and oxygen atoms in total. The molecule has 1 atom stereocenters. The molecule has 2 aromatic rings. The molecule has 2 N–H and O–H groups in total. The highest BCUT2D eigenvalue weighted by Gasteiger charge is 2.25. The third-order valence-electron chi connectivity index (χ3n) is 3.09. The highest BCUT2D eigenvalue weighted by molar-refractivity contribution is 8.00. The van der Waals surface area contributed by atoms with E-state index < -0.39 is 15.8 Å². The van der Waals surface area contributed by atoms with E-state index in [-0.39, 0.29) is 16.6 Å². The number of benzene rings is 1. The number of nitro benzene ring substituents is 1. The minimum Gasteiger partial charge on any atom is -0.325 e. The molecule has 0 aliphatic carbocycles. The number of carbonyl (C=O) groups is 1. The molecule has 0 bridgehead atoms. The van der Waals surface area contributed by atoms with E-state index in [0.29, 0.717) is 11.3 Å². The zero-order valence-electron chi connectivity index (χ0n) is 12.7. The fourth-order valence-electron chi connectivity index (χ4n) is 1.82. The normalized spacial score (nSPS) is 12.0. The topological polar surface area (TPSA) is 122 Å². The Kier molecular flexibility index (Phi) is 4.84. The van der Waals surface area contributed by atoms with Gasteiger partial charge in [-0.05, 0) is 42.5 Å². The number of carbonyl (C=O) groups excluding carboxylic acids is 1. The van der Waals surface area contributed by atoms with Crippen molar-refractivity contribution in [2.24, 2.45) is 7.05 Å². The summed E-state index contributed by atoms with van der Waals surface area (Å²) in [4.78, 5) is 33.9. The van der Waals surface area contributed by atoms with Crippen molar-refractivity contribution in [2.45, 2.75) is 24.1 Å². The number of nitro groups is 1. The number of hydrogen-bond acceptors (Lipinski definition) is 6. The molecule has 0 fully saturated rings. The van der Waals surface area contributed by atoms with Gasteiger partial charge >= 0.3 is 10.7 Å². The van der Waals surface area contributed by atoms with Crippen molar-refractivity contribution in [1.29, 1.82) is 0 Å². The van der Waals surface area contributed by atoms with Crippen LogP contribution in [-0.2, 0) is 11.8 Å². The van der Waals surface area contributed by atoms with Gasteiger partial charge < -0.3 is 5.32 Å². The SMILES string of the molecule is Cc1cc([N+](=O)[O-])ccc1NC(=O)C(C)Sc1c(=O)o[nH][n+]1C. The van der Waals surface area contributed by atoms with Gasteiger partial charge in [-0.3, -0.25) is 19.4 Å². The second-order valence-electron chi connectivity index (χ2n) is 4.85. The van der Waals surface area contributed by atoms with E-state index in [1.54, 1.807) is 20.9 Å². The summed E-state index contributed by atoms with van der Waals surface area (Å²) in [6.07, 6.45) is 0. The molecule has 1 unspecified atom stereocenters. The van der Waals surface area contributed by atoms with E-state index in [0.717, 1.165) is 11.8 Å². The monoisotopic (exact) mass is 339 g/mol. The van der Waals surface area contributed by atoms with Gasteiger partial charge in [0.15, 0.2) is 7.05 Å². The number of nitrogens with one attached hydrogen (secondary N) is 2. The van der Waals surface area contributed by atoms with E-state index in [9.17, 15) is 19.7 Å². The van der Waals surface area contributed by atoms with E-state index >= 15 is 0 Å². The summed E-state index contributed by atoms with van der Waals surface area (Å²) >= 11 is 1.05. The quantitative estimate of drug-likeness (QED) is 0.364. The zero-order valence-corrected chi connectivity index (χ0v) is 13.5. The Morgan fingerprint density at radius 1 is 1.52 bits per heavy atom. The maximum Gasteiger partial charge on any atom is 0.441 e. The van der Waals surface area contributed by atoms with Gasteiger partial charge in [0.1, 0.15) is 0 Å². The van der Waals surface area contributed by atoms with Gasteiger partial charge in [0.2, 0.25) is 5.91 Å². The number of nitrogens with zero attached hydrogens (tertiary/aromatic N) is 2. The number of H-pyrrole nitrogens is 1. The molecule has 1 aromatic carbocycles. The Bertz CT molecular complexity index is 813. The van der Waals surface area contributed by atoms with Gasteiger partial charge in [-0.2, -0.15) is 0 Å². The minimum atomic E-state index is -0.561. The summed E-state index contributed by atoms with van der Waals surface area (Å²) in [5.41, 5.74) is 0.471. The van der Waals surface area contributed by atoms with Crippen molar-refractivity contribution in [3.8, 4) is 0 Å². The van der Waals surface area contributed by atoms with Crippen LogP contribution in [0.4, 0.5) is 11.4 Å². The fraction of sp³-hybridized carbons (Fsp3) is 0.308. The Morgan fingerprint density at radius 3 is 2.74 bits per heavy atom. The number of rotatable bonds is 5. The van der Waals surface area contributed by atoms with Crippen LogP contribution < -0.4 is 15.6 Å². The van der Waals surface area contributed by atoms with Crippen LogP contribution in [0.2, 0.25) is 0 Å². The highest BCUT2D eigenvalue weighted by atomic mass is 32.2. The molecule has 1 heterocycles. The van der Waals surface area contributed by atoms with Crippen LogP contribution in [0.25, 0.3) is 0 Å². The van der Waals surface area contributed by atoms with E-state index in [1.807, 2.05) is 0 Å². The molecule has 1 aromatic heterocycles. The number of hydrogen-bond donors (Lipinski definition) is 2. The third kappa shape index (κ3) is 3.77. The lowest BCUT2D eigenvalue weighted by molar-refractivity contribution is -0.772. The molecule has 0 saturated heterocycles. The van der Waals surface area contributed by atoms with Crippen LogP contribution in [0.5, 0.6) is 0 Å². The van der Waals surface area contributed by atoms with Crippen molar-refractivity contribution in [2.75, 3.05) is 5.32 Å². The van der Waals surface area contributed by atoms with Gasteiger partial charge in [0, 0.05) is 17.8 Å². The summed E-state index contributed by atoms with van der Waals surface area (Å²) in [5.74, 6) is -0.326. The molecule has 0 aliphatic heterocycles. The van der Waals surface area contributed by atoms with Crippen LogP contribution in [0.1, 0.15) is 12.5 Å². The van der Waals surface area contributed by atoms with Gasteiger partial charge in [-0.15, -0.1) is 0 Å². The second-order valence-corrected chi connectivity index (χ2v) is 6.18. The molecule has 10 heteroatoms. The first kappa shape index (κ1) is 16.7. The van der Waals surface area contributed by atoms with Crippen molar-refractivity contribution in [3.63, 3.8) is 0 Å². The molecule has 1 amide bonds. The number of aromatic amines is 1. The van der Waals surface area contributed by atoms with Gasteiger partial charge in [-0.1, -0.05) is 4.68 Å². The van der Waals surface area contributed by atoms with E-state index in [2.05, 4.69) is 15.1 Å². The Morgan fingerprint density at radius 2 is 2.22 bits per heavy atom. The Labute approximate surface area is 134 Å². The van der Waals surface area contributed by atoms with Crippen LogP contribution >= 0.6 is 11.8 Å². The first-order chi connectivity index (χ1) is 10.8. The van der Waals surface area contributed by atoms with E-state index in [1.165, 1.54) is 22.9 Å². The van der Waals surface area contributed by atoms with Crippen molar-refractivity contribution in [1.82, 2.24) is 5.27 Å². The molecular weight excluding hydrogens is 324 g/mol. The maximum atomic E-state index is 12.2. The molecule has 0 spiro atoms. The van der Waals surface area contributed by atoms with Crippen molar-refractivity contribution < 1.29 is 18.9 Å². The molecular formula is C13H15N4O5S+. The first-order valence-electron chi connectivity index (χ1n) is 6.59. The summed E-state index contributed by atoms with van der Waals surface area (Å²) in [6.45, 7) is 3.31. The highest BCUT2D eigenvalue weighted by Crippen LogP contribution is 2.23. The molecule has 122 valence electrons. The summed E-state index contributed by atoms with van der Waals surface area (Å²) in [6, 6.07) is 4.18. The summed E-state index contributed by atoms with van der Waals surface area (Å²) in [7, 11) is 1.60. The lowest BCUT2D eigenvalue weighted by Crippen LogP contribution is -2.35. The number of amides is 1. The molecule has 0 saturated carbocycles. The predicted molar refractivity (Wildman–Crippen MR) is 82.3 cm³/mol.